The van der Waals surface area contributed by atoms with Crippen molar-refractivity contribution in [3.05, 3.63) is 55.4 Å². The lowest BCUT2D eigenvalue weighted by molar-refractivity contribution is 0.0780. The van der Waals surface area contributed by atoms with Crippen LogP contribution in [0.1, 0.15) is 15.9 Å². The van der Waals surface area contributed by atoms with Gasteiger partial charge in [-0.2, -0.15) is 0 Å². The summed E-state index contributed by atoms with van der Waals surface area (Å²) in [6.07, 6.45) is 0. The van der Waals surface area contributed by atoms with Crippen molar-refractivity contribution in [3.8, 4) is 0 Å². The van der Waals surface area contributed by atoms with Crippen molar-refractivity contribution in [2.45, 2.75) is 6.54 Å². The number of amides is 1. The molecule has 0 spiro atoms. The number of hydrogen-bond acceptors (Lipinski definition) is 2. The topological polar surface area (TPSA) is 20.3 Å². The Bertz CT molecular complexity index is 616. The molecule has 0 aliphatic rings. The van der Waals surface area contributed by atoms with Crippen LogP contribution in [0.2, 0.25) is 5.02 Å². The molecule has 0 atom stereocenters. The lowest BCUT2D eigenvalue weighted by atomic mass is 10.2. The summed E-state index contributed by atoms with van der Waals surface area (Å²) < 4.78 is 14.6. The summed E-state index contributed by atoms with van der Waals surface area (Å²) in [5.41, 5.74) is 0.986. The van der Waals surface area contributed by atoms with Crippen LogP contribution < -0.4 is 0 Å². The van der Waals surface area contributed by atoms with E-state index in [0.717, 1.165) is 9.35 Å². The second-order valence-electron chi connectivity index (χ2n) is 4.04. The molecule has 1 aromatic carbocycles. The van der Waals surface area contributed by atoms with E-state index in [-0.39, 0.29) is 11.5 Å². The van der Waals surface area contributed by atoms with E-state index < -0.39 is 5.82 Å². The fourth-order valence-corrected chi connectivity index (χ4v) is 3.01. The highest BCUT2D eigenvalue weighted by Crippen LogP contribution is 2.22. The fraction of sp³-hybridized carbons (Fsp3) is 0.154. The number of rotatable bonds is 3. The van der Waals surface area contributed by atoms with Crippen molar-refractivity contribution in [3.63, 3.8) is 0 Å². The first kappa shape index (κ1) is 14.5. The van der Waals surface area contributed by atoms with E-state index in [4.69, 9.17) is 11.6 Å². The van der Waals surface area contributed by atoms with Gasteiger partial charge in [0.1, 0.15) is 5.82 Å². The predicted molar refractivity (Wildman–Crippen MR) is 79.2 cm³/mol. The minimum Gasteiger partial charge on any atom is -0.337 e. The molecule has 0 N–H and O–H groups in total. The lowest BCUT2D eigenvalue weighted by Crippen LogP contribution is -2.26. The molecule has 100 valence electrons. The molecule has 19 heavy (non-hydrogen) atoms. The first-order chi connectivity index (χ1) is 8.97. The van der Waals surface area contributed by atoms with Gasteiger partial charge in [0.25, 0.3) is 5.91 Å². The largest absolute Gasteiger partial charge is 0.337 e. The Morgan fingerprint density at radius 1 is 1.47 bits per heavy atom. The molecule has 1 aromatic heterocycles. The van der Waals surface area contributed by atoms with Gasteiger partial charge in [0.2, 0.25) is 0 Å². The van der Waals surface area contributed by atoms with Gasteiger partial charge in [0.05, 0.1) is 9.35 Å². The zero-order chi connectivity index (χ0) is 14.0. The summed E-state index contributed by atoms with van der Waals surface area (Å²) in [7, 11) is 1.63. The standard InChI is InChI=1S/C13H10BrClFNOS/c1-17(6-8-4-12(14)19-7-8)13(18)10-5-9(15)2-3-11(10)16/h2-5,7H,6H2,1H3. The molecule has 0 unspecified atom stereocenters. The molecular formula is C13H10BrClFNOS. The Labute approximate surface area is 127 Å². The van der Waals surface area contributed by atoms with Gasteiger partial charge in [-0.3, -0.25) is 4.79 Å². The van der Waals surface area contributed by atoms with Gasteiger partial charge in [-0.25, -0.2) is 4.39 Å². The van der Waals surface area contributed by atoms with Crippen LogP contribution in [0.25, 0.3) is 0 Å². The molecule has 2 nitrogen and oxygen atoms in total. The third-order valence-corrected chi connectivity index (χ3v) is 4.34. The van der Waals surface area contributed by atoms with Crippen LogP contribution in [0, 0.1) is 5.82 Å². The Morgan fingerprint density at radius 3 is 2.84 bits per heavy atom. The second-order valence-corrected chi connectivity index (χ2v) is 6.77. The Balaban J connectivity index is 2.16. The molecule has 2 rings (SSSR count). The van der Waals surface area contributed by atoms with E-state index in [1.807, 2.05) is 11.4 Å². The van der Waals surface area contributed by atoms with Crippen molar-refractivity contribution in [2.75, 3.05) is 7.05 Å². The van der Waals surface area contributed by atoms with Gasteiger partial charge in [-0.1, -0.05) is 11.6 Å². The number of carbonyl (C=O) groups is 1. The zero-order valence-corrected chi connectivity index (χ0v) is 13.1. The minimum absolute atomic E-state index is 0.00991. The zero-order valence-electron chi connectivity index (χ0n) is 9.99. The van der Waals surface area contributed by atoms with E-state index in [2.05, 4.69) is 15.9 Å². The number of carbonyl (C=O) groups excluding carboxylic acids is 1. The molecule has 1 amide bonds. The summed E-state index contributed by atoms with van der Waals surface area (Å²) in [6.45, 7) is 0.423. The first-order valence-corrected chi connectivity index (χ1v) is 7.46. The van der Waals surface area contributed by atoms with E-state index >= 15 is 0 Å². The van der Waals surface area contributed by atoms with Gasteiger partial charge < -0.3 is 4.90 Å². The average Bonchev–Trinajstić information content (AvgIpc) is 2.77. The van der Waals surface area contributed by atoms with Crippen molar-refractivity contribution in [1.82, 2.24) is 4.90 Å². The molecule has 6 heteroatoms. The second kappa shape index (κ2) is 6.03. The van der Waals surface area contributed by atoms with E-state index in [1.54, 1.807) is 18.4 Å². The van der Waals surface area contributed by atoms with Crippen LogP contribution >= 0.6 is 38.9 Å². The number of nitrogens with zero attached hydrogens (tertiary/aromatic N) is 1. The normalized spacial score (nSPS) is 10.5. The monoisotopic (exact) mass is 361 g/mol. The summed E-state index contributed by atoms with van der Waals surface area (Å²) >= 11 is 10.7. The molecule has 2 aromatic rings. The molecule has 1 heterocycles. The summed E-state index contributed by atoms with van der Waals surface area (Å²) in [5.74, 6) is -0.949. The lowest BCUT2D eigenvalue weighted by Gasteiger charge is -2.17. The minimum atomic E-state index is -0.562. The van der Waals surface area contributed by atoms with Crippen LogP contribution in [-0.4, -0.2) is 17.9 Å². The number of thiophene rings is 1. The number of hydrogen-bond donors (Lipinski definition) is 0. The molecule has 0 radical (unpaired) electrons. The maximum atomic E-state index is 13.6. The van der Waals surface area contributed by atoms with Crippen molar-refractivity contribution < 1.29 is 9.18 Å². The molecule has 0 saturated heterocycles. The molecule has 0 fully saturated rings. The molecule has 0 bridgehead atoms. The van der Waals surface area contributed by atoms with Crippen molar-refractivity contribution in [1.29, 1.82) is 0 Å². The van der Waals surface area contributed by atoms with E-state index in [1.165, 1.54) is 23.1 Å². The maximum absolute atomic E-state index is 13.6. The SMILES string of the molecule is CN(Cc1csc(Br)c1)C(=O)c1cc(Cl)ccc1F. The van der Waals surface area contributed by atoms with Gasteiger partial charge in [-0.05, 0) is 51.1 Å². The van der Waals surface area contributed by atoms with E-state index in [9.17, 15) is 9.18 Å². The summed E-state index contributed by atoms with van der Waals surface area (Å²) in [6, 6.07) is 5.90. The summed E-state index contributed by atoms with van der Waals surface area (Å²) in [4.78, 5) is 13.6. The van der Waals surface area contributed by atoms with Crippen LogP contribution in [0.4, 0.5) is 4.39 Å². The number of benzene rings is 1. The van der Waals surface area contributed by atoms with Crippen LogP contribution in [0.5, 0.6) is 0 Å². The van der Waals surface area contributed by atoms with Crippen molar-refractivity contribution in [2.24, 2.45) is 0 Å². The third kappa shape index (κ3) is 3.55. The average molecular weight is 363 g/mol. The van der Waals surface area contributed by atoms with Crippen LogP contribution in [0.15, 0.2) is 33.4 Å². The highest BCUT2D eigenvalue weighted by atomic mass is 79.9. The summed E-state index contributed by atoms with van der Waals surface area (Å²) in [5, 5.41) is 2.29. The van der Waals surface area contributed by atoms with Gasteiger partial charge >= 0.3 is 0 Å². The highest BCUT2D eigenvalue weighted by Gasteiger charge is 2.17. The molecular weight excluding hydrogens is 353 g/mol. The van der Waals surface area contributed by atoms with E-state index in [0.29, 0.717) is 11.6 Å². The predicted octanol–water partition coefficient (Wildman–Crippen LogP) is 4.58. The van der Waals surface area contributed by atoms with Crippen LogP contribution in [-0.2, 0) is 6.54 Å². The van der Waals surface area contributed by atoms with Gasteiger partial charge in [0, 0.05) is 18.6 Å². The smallest absolute Gasteiger partial charge is 0.256 e. The molecule has 0 aliphatic heterocycles. The quantitative estimate of drug-likeness (QED) is 0.783. The Morgan fingerprint density at radius 2 is 2.21 bits per heavy atom. The first-order valence-electron chi connectivity index (χ1n) is 5.41. The molecule has 0 saturated carbocycles. The van der Waals surface area contributed by atoms with Gasteiger partial charge in [0.15, 0.2) is 0 Å². The highest BCUT2D eigenvalue weighted by molar-refractivity contribution is 9.11. The Hall–Kier alpha value is -0.910. The molecule has 0 aliphatic carbocycles. The maximum Gasteiger partial charge on any atom is 0.256 e. The third-order valence-electron chi connectivity index (χ3n) is 2.55. The number of halogens is 3. The van der Waals surface area contributed by atoms with Crippen molar-refractivity contribution >= 4 is 44.8 Å². The van der Waals surface area contributed by atoms with Gasteiger partial charge in [-0.15, -0.1) is 11.3 Å². The Kier molecular flexibility index (Phi) is 4.60. The fourth-order valence-electron chi connectivity index (χ4n) is 1.64. The van der Waals surface area contributed by atoms with Crippen LogP contribution in [0.3, 0.4) is 0 Å².